The largest absolute Gasteiger partial charge is 0.228 e. The molecule has 1 aromatic carbocycles. The topological polar surface area (TPSA) is 12.4 Å². The van der Waals surface area contributed by atoms with Gasteiger partial charge in [-0.05, 0) is 24.3 Å². The fourth-order valence-electron chi connectivity index (χ4n) is 0.984. The first kappa shape index (κ1) is 10.7. The third-order valence-electron chi connectivity index (χ3n) is 1.73. The molecule has 1 aromatic rings. The van der Waals surface area contributed by atoms with Crippen molar-refractivity contribution >= 4 is 28.0 Å². The summed E-state index contributed by atoms with van der Waals surface area (Å²) >= 11 is 5.78. The van der Waals surface area contributed by atoms with Crippen molar-refractivity contribution in [2.24, 2.45) is 4.36 Å². The number of hydrogen-bond acceptors (Lipinski definition) is 1. The maximum absolute atomic E-state index is 5.78. The molecule has 1 rings (SSSR count). The zero-order chi connectivity index (χ0) is 9.68. The van der Waals surface area contributed by atoms with E-state index in [1.807, 2.05) is 24.3 Å². The van der Waals surface area contributed by atoms with Crippen molar-refractivity contribution in [1.82, 2.24) is 0 Å². The maximum Gasteiger partial charge on any atom is 0.0704 e. The molecule has 0 aliphatic rings. The predicted molar refractivity (Wildman–Crippen MR) is 62.0 cm³/mol. The van der Waals surface area contributed by atoms with Gasteiger partial charge in [0, 0.05) is 16.5 Å². The van der Waals surface area contributed by atoms with E-state index < -0.39 is 0 Å². The second kappa shape index (κ2) is 5.40. The van der Waals surface area contributed by atoms with Crippen LogP contribution in [0.2, 0.25) is 5.02 Å². The van der Waals surface area contributed by atoms with E-state index in [0.717, 1.165) is 22.2 Å². The van der Waals surface area contributed by atoms with Crippen molar-refractivity contribution in [1.29, 1.82) is 0 Å². The van der Waals surface area contributed by atoms with Crippen LogP contribution in [-0.2, 0) is 10.7 Å². The standard InChI is InChI=1S/C10H14ClNS/c1-3-13(4-2)12-10-7-5-9(11)6-8-10/h5-8H,3-4H2,1-2H3. The minimum absolute atomic E-state index is 0.186. The fraction of sp³-hybridized carbons (Fsp3) is 0.400. The summed E-state index contributed by atoms with van der Waals surface area (Å²) in [5.74, 6) is 2.25. The SMILES string of the molecule is CCS(CC)=Nc1ccc(Cl)cc1. The van der Waals surface area contributed by atoms with E-state index in [1.165, 1.54) is 0 Å². The van der Waals surface area contributed by atoms with Crippen LogP contribution in [0.3, 0.4) is 0 Å². The molecule has 0 bridgehead atoms. The van der Waals surface area contributed by atoms with Crippen LogP contribution < -0.4 is 0 Å². The summed E-state index contributed by atoms with van der Waals surface area (Å²) in [5, 5.41) is 0.770. The van der Waals surface area contributed by atoms with Crippen LogP contribution in [0, 0.1) is 0 Å². The molecule has 0 aliphatic carbocycles. The number of halogens is 1. The Bertz CT molecular complexity index is 286. The fourth-order valence-corrected chi connectivity index (χ4v) is 2.20. The first-order valence-electron chi connectivity index (χ1n) is 4.41. The molecule has 0 fully saturated rings. The number of rotatable bonds is 3. The summed E-state index contributed by atoms with van der Waals surface area (Å²) in [4.78, 5) is 0. The van der Waals surface area contributed by atoms with Gasteiger partial charge >= 0.3 is 0 Å². The molecular formula is C10H14ClNS. The number of hydrogen-bond donors (Lipinski definition) is 0. The third kappa shape index (κ3) is 3.49. The Balaban J connectivity index is 2.84. The van der Waals surface area contributed by atoms with Crippen molar-refractivity contribution < 1.29 is 0 Å². The minimum atomic E-state index is 0.186. The lowest BCUT2D eigenvalue weighted by molar-refractivity contribution is 1.42. The molecule has 0 radical (unpaired) electrons. The van der Waals surface area contributed by atoms with Gasteiger partial charge < -0.3 is 0 Å². The highest BCUT2D eigenvalue weighted by atomic mass is 35.5. The van der Waals surface area contributed by atoms with Gasteiger partial charge in [-0.15, -0.1) is 0 Å². The zero-order valence-electron chi connectivity index (χ0n) is 7.96. The lowest BCUT2D eigenvalue weighted by Crippen LogP contribution is -1.94. The Labute approximate surface area is 87.2 Å². The molecule has 0 heterocycles. The van der Waals surface area contributed by atoms with Crippen LogP contribution in [0.1, 0.15) is 13.8 Å². The van der Waals surface area contributed by atoms with E-state index in [-0.39, 0.29) is 10.7 Å². The predicted octanol–water partition coefficient (Wildman–Crippen LogP) is 3.81. The molecule has 0 unspecified atom stereocenters. The van der Waals surface area contributed by atoms with Crippen LogP contribution in [0.25, 0.3) is 0 Å². The Hall–Kier alpha value is -0.340. The van der Waals surface area contributed by atoms with Gasteiger partial charge in [0.25, 0.3) is 0 Å². The lowest BCUT2D eigenvalue weighted by atomic mass is 10.3. The van der Waals surface area contributed by atoms with Crippen LogP contribution in [0.5, 0.6) is 0 Å². The van der Waals surface area contributed by atoms with Gasteiger partial charge in [-0.2, -0.15) is 0 Å². The molecule has 0 saturated heterocycles. The Morgan fingerprint density at radius 3 is 2.15 bits per heavy atom. The first-order valence-corrected chi connectivity index (χ1v) is 6.31. The quantitative estimate of drug-likeness (QED) is 0.727. The maximum atomic E-state index is 5.78. The van der Waals surface area contributed by atoms with Crippen molar-refractivity contribution in [2.75, 3.05) is 11.5 Å². The molecule has 0 amide bonds. The highest BCUT2D eigenvalue weighted by Crippen LogP contribution is 2.17. The molecule has 0 atom stereocenters. The smallest absolute Gasteiger partial charge is 0.0704 e. The van der Waals surface area contributed by atoms with Crippen LogP contribution in [0.15, 0.2) is 28.6 Å². The van der Waals surface area contributed by atoms with E-state index in [4.69, 9.17) is 11.6 Å². The van der Waals surface area contributed by atoms with Crippen molar-refractivity contribution in [3.8, 4) is 0 Å². The van der Waals surface area contributed by atoms with Crippen LogP contribution >= 0.6 is 11.6 Å². The molecule has 1 nitrogen and oxygen atoms in total. The summed E-state index contributed by atoms with van der Waals surface area (Å²) in [5.41, 5.74) is 1.04. The minimum Gasteiger partial charge on any atom is -0.228 e. The summed E-state index contributed by atoms with van der Waals surface area (Å²) in [7, 11) is 0.186. The first-order chi connectivity index (χ1) is 6.26. The van der Waals surface area contributed by atoms with Crippen molar-refractivity contribution in [3.63, 3.8) is 0 Å². The molecule has 0 aliphatic heterocycles. The van der Waals surface area contributed by atoms with E-state index in [0.29, 0.717) is 0 Å². The van der Waals surface area contributed by atoms with E-state index in [9.17, 15) is 0 Å². The Morgan fingerprint density at radius 2 is 1.69 bits per heavy atom. The monoisotopic (exact) mass is 215 g/mol. The molecule has 0 aromatic heterocycles. The Kier molecular flexibility index (Phi) is 4.46. The summed E-state index contributed by atoms with van der Waals surface area (Å²) in [6.45, 7) is 4.35. The summed E-state index contributed by atoms with van der Waals surface area (Å²) in [6, 6.07) is 7.70. The number of benzene rings is 1. The van der Waals surface area contributed by atoms with Gasteiger partial charge in [0.1, 0.15) is 0 Å². The average Bonchev–Trinajstić information content (AvgIpc) is 2.17. The van der Waals surface area contributed by atoms with Gasteiger partial charge in [-0.3, -0.25) is 0 Å². The van der Waals surface area contributed by atoms with Gasteiger partial charge in [-0.25, -0.2) is 4.36 Å². The van der Waals surface area contributed by atoms with Crippen LogP contribution in [0.4, 0.5) is 5.69 Å². The van der Waals surface area contributed by atoms with Crippen molar-refractivity contribution in [3.05, 3.63) is 29.3 Å². The van der Waals surface area contributed by atoms with E-state index >= 15 is 0 Å². The molecular weight excluding hydrogens is 202 g/mol. The van der Waals surface area contributed by atoms with Crippen LogP contribution in [-0.4, -0.2) is 11.5 Å². The van der Waals surface area contributed by atoms with Gasteiger partial charge in [0.2, 0.25) is 0 Å². The molecule has 0 spiro atoms. The molecule has 13 heavy (non-hydrogen) atoms. The molecule has 0 saturated carbocycles. The molecule has 0 N–H and O–H groups in total. The molecule has 3 heteroatoms. The second-order valence-corrected chi connectivity index (χ2v) is 5.31. The Morgan fingerprint density at radius 1 is 1.15 bits per heavy atom. The highest BCUT2D eigenvalue weighted by molar-refractivity contribution is 7.87. The molecule has 72 valence electrons. The number of nitrogens with zero attached hydrogens (tertiary/aromatic N) is 1. The normalized spacial score (nSPS) is 10.5. The zero-order valence-corrected chi connectivity index (χ0v) is 9.53. The summed E-state index contributed by atoms with van der Waals surface area (Å²) < 4.78 is 4.61. The van der Waals surface area contributed by atoms with E-state index in [2.05, 4.69) is 18.2 Å². The van der Waals surface area contributed by atoms with E-state index in [1.54, 1.807) is 0 Å². The van der Waals surface area contributed by atoms with Gasteiger partial charge in [-0.1, -0.05) is 36.1 Å². The lowest BCUT2D eigenvalue weighted by Gasteiger charge is -2.01. The highest BCUT2D eigenvalue weighted by Gasteiger charge is 1.92. The van der Waals surface area contributed by atoms with Gasteiger partial charge in [0.15, 0.2) is 0 Å². The summed E-state index contributed by atoms with van der Waals surface area (Å²) in [6.07, 6.45) is 0. The average molecular weight is 216 g/mol. The van der Waals surface area contributed by atoms with Crippen molar-refractivity contribution in [2.45, 2.75) is 13.8 Å². The second-order valence-electron chi connectivity index (χ2n) is 2.61. The van der Waals surface area contributed by atoms with Gasteiger partial charge in [0.05, 0.1) is 5.69 Å². The third-order valence-corrected chi connectivity index (χ3v) is 3.78.